The quantitative estimate of drug-likeness (QED) is 0.511. The fraction of sp³-hybridized carbons (Fsp3) is 0.636. The number of hydrogen-bond donors (Lipinski definition) is 0. The van der Waals surface area contributed by atoms with E-state index in [1.807, 2.05) is 0 Å². The van der Waals surface area contributed by atoms with Crippen molar-refractivity contribution in [2.45, 2.75) is 32.6 Å². The second-order valence-corrected chi connectivity index (χ2v) is 3.88. The zero-order valence-corrected chi connectivity index (χ0v) is 8.54. The van der Waals surface area contributed by atoms with E-state index >= 15 is 0 Å². The lowest BCUT2D eigenvalue weighted by molar-refractivity contribution is -0.141. The van der Waals surface area contributed by atoms with Gasteiger partial charge >= 0.3 is 5.97 Å². The lowest BCUT2D eigenvalue weighted by Gasteiger charge is -2.20. The summed E-state index contributed by atoms with van der Waals surface area (Å²) in [7, 11) is 0. The zero-order valence-electron chi connectivity index (χ0n) is 8.54. The van der Waals surface area contributed by atoms with E-state index in [2.05, 4.69) is 6.58 Å². The number of carbonyl (C=O) groups is 2. The first-order valence-corrected chi connectivity index (χ1v) is 4.94. The summed E-state index contributed by atoms with van der Waals surface area (Å²) in [6.07, 6.45) is 3.15. The monoisotopic (exact) mass is 196 g/mol. The molecule has 1 aliphatic carbocycles. The van der Waals surface area contributed by atoms with E-state index in [9.17, 15) is 9.59 Å². The van der Waals surface area contributed by atoms with Crippen LogP contribution >= 0.6 is 0 Å². The molecular formula is C11H16O3. The Labute approximate surface area is 84.1 Å². The van der Waals surface area contributed by atoms with Crippen LogP contribution in [-0.2, 0) is 14.3 Å². The predicted molar refractivity (Wildman–Crippen MR) is 52.7 cm³/mol. The summed E-state index contributed by atoms with van der Waals surface area (Å²) in [6.45, 7) is 5.47. The summed E-state index contributed by atoms with van der Waals surface area (Å²) in [4.78, 5) is 22.2. The Kier molecular flexibility index (Phi) is 3.86. The Balaban J connectivity index is 2.27. The summed E-state index contributed by atoms with van der Waals surface area (Å²) in [5.41, 5.74) is 0.409. The molecule has 0 amide bonds. The van der Waals surface area contributed by atoms with Crippen molar-refractivity contribution in [2.75, 3.05) is 6.61 Å². The minimum Gasteiger partial charge on any atom is -0.462 e. The second-order valence-electron chi connectivity index (χ2n) is 3.88. The molecule has 0 saturated heterocycles. The van der Waals surface area contributed by atoms with Gasteiger partial charge in [-0.2, -0.15) is 0 Å². The predicted octanol–water partition coefficient (Wildman–Crippen LogP) is 1.86. The van der Waals surface area contributed by atoms with Crippen molar-refractivity contribution >= 4 is 11.8 Å². The van der Waals surface area contributed by atoms with Crippen molar-refractivity contribution < 1.29 is 14.3 Å². The van der Waals surface area contributed by atoms with Gasteiger partial charge in [0.2, 0.25) is 0 Å². The summed E-state index contributed by atoms with van der Waals surface area (Å²) >= 11 is 0. The van der Waals surface area contributed by atoms with Gasteiger partial charge in [-0.25, -0.2) is 4.79 Å². The van der Waals surface area contributed by atoms with Crippen molar-refractivity contribution in [3.63, 3.8) is 0 Å². The number of hydrogen-bond acceptors (Lipinski definition) is 3. The Morgan fingerprint density at radius 1 is 1.64 bits per heavy atom. The van der Waals surface area contributed by atoms with Crippen LogP contribution in [0.15, 0.2) is 12.2 Å². The number of esters is 1. The molecule has 0 aromatic heterocycles. The topological polar surface area (TPSA) is 43.4 Å². The van der Waals surface area contributed by atoms with E-state index in [4.69, 9.17) is 4.74 Å². The van der Waals surface area contributed by atoms with Gasteiger partial charge in [-0.15, -0.1) is 0 Å². The molecule has 0 heterocycles. The average molecular weight is 196 g/mol. The standard InChI is InChI=1S/C11H16O3/c1-8(2)11(13)14-7-9-4-3-5-10(12)6-9/h9H,1,3-7H2,2H3. The maximum absolute atomic E-state index is 11.1. The summed E-state index contributed by atoms with van der Waals surface area (Å²) in [5, 5.41) is 0. The number of carbonyl (C=O) groups excluding carboxylic acids is 2. The minimum absolute atomic E-state index is 0.222. The molecule has 0 aliphatic heterocycles. The molecular weight excluding hydrogens is 180 g/mol. The van der Waals surface area contributed by atoms with E-state index in [1.54, 1.807) is 6.92 Å². The maximum atomic E-state index is 11.1. The third kappa shape index (κ3) is 3.32. The van der Waals surface area contributed by atoms with Gasteiger partial charge in [0.15, 0.2) is 0 Å². The van der Waals surface area contributed by atoms with Crippen molar-refractivity contribution in [1.29, 1.82) is 0 Å². The third-order valence-corrected chi connectivity index (χ3v) is 2.38. The molecule has 1 atom stereocenters. The molecule has 1 aliphatic rings. The Morgan fingerprint density at radius 3 is 2.93 bits per heavy atom. The normalized spacial score (nSPS) is 21.8. The van der Waals surface area contributed by atoms with Crippen LogP contribution in [0.5, 0.6) is 0 Å². The molecule has 0 radical (unpaired) electrons. The Hall–Kier alpha value is -1.12. The molecule has 0 aromatic rings. The van der Waals surface area contributed by atoms with Crippen LogP contribution in [0.2, 0.25) is 0 Å². The first kappa shape index (κ1) is 11.0. The molecule has 3 nitrogen and oxygen atoms in total. The molecule has 1 saturated carbocycles. The van der Waals surface area contributed by atoms with Crippen molar-refractivity contribution in [3.05, 3.63) is 12.2 Å². The van der Waals surface area contributed by atoms with Crippen molar-refractivity contribution in [2.24, 2.45) is 5.92 Å². The summed E-state index contributed by atoms with van der Waals surface area (Å²) in [6, 6.07) is 0. The fourth-order valence-electron chi connectivity index (χ4n) is 1.57. The molecule has 1 rings (SSSR count). The van der Waals surface area contributed by atoms with Crippen LogP contribution in [-0.4, -0.2) is 18.4 Å². The van der Waals surface area contributed by atoms with Crippen LogP contribution in [0.25, 0.3) is 0 Å². The Bertz CT molecular complexity index is 255. The highest BCUT2D eigenvalue weighted by Gasteiger charge is 2.20. The van der Waals surface area contributed by atoms with E-state index in [-0.39, 0.29) is 17.7 Å². The van der Waals surface area contributed by atoms with Crippen molar-refractivity contribution in [3.8, 4) is 0 Å². The van der Waals surface area contributed by atoms with Crippen LogP contribution in [0, 0.1) is 5.92 Å². The van der Waals surface area contributed by atoms with Crippen molar-refractivity contribution in [1.82, 2.24) is 0 Å². The number of Topliss-reactive ketones (excluding diaryl/α,β-unsaturated/α-hetero) is 1. The molecule has 3 heteroatoms. The lowest BCUT2D eigenvalue weighted by atomic mass is 9.89. The fourth-order valence-corrected chi connectivity index (χ4v) is 1.57. The van der Waals surface area contributed by atoms with Gasteiger partial charge < -0.3 is 4.74 Å². The third-order valence-electron chi connectivity index (χ3n) is 2.38. The first-order chi connectivity index (χ1) is 6.59. The lowest BCUT2D eigenvalue weighted by Crippen LogP contribution is -2.21. The molecule has 0 spiro atoms. The van der Waals surface area contributed by atoms with Crippen LogP contribution in [0.1, 0.15) is 32.6 Å². The van der Waals surface area contributed by atoms with Crippen LogP contribution in [0.4, 0.5) is 0 Å². The van der Waals surface area contributed by atoms with Gasteiger partial charge in [0, 0.05) is 18.4 Å². The molecule has 0 bridgehead atoms. The first-order valence-electron chi connectivity index (χ1n) is 4.94. The van der Waals surface area contributed by atoms with E-state index in [1.165, 1.54) is 0 Å². The molecule has 0 N–H and O–H groups in total. The van der Waals surface area contributed by atoms with Crippen LogP contribution < -0.4 is 0 Å². The highest BCUT2D eigenvalue weighted by atomic mass is 16.5. The van der Waals surface area contributed by atoms with Gasteiger partial charge in [-0.3, -0.25) is 4.79 Å². The highest BCUT2D eigenvalue weighted by molar-refractivity contribution is 5.87. The van der Waals surface area contributed by atoms with Gasteiger partial charge in [0.05, 0.1) is 6.61 Å². The van der Waals surface area contributed by atoms with Gasteiger partial charge in [-0.1, -0.05) is 6.58 Å². The average Bonchev–Trinajstić information content (AvgIpc) is 2.14. The maximum Gasteiger partial charge on any atom is 0.333 e. The van der Waals surface area contributed by atoms with E-state index < -0.39 is 0 Å². The van der Waals surface area contributed by atoms with Gasteiger partial charge in [-0.05, 0) is 25.7 Å². The number of rotatable bonds is 3. The Morgan fingerprint density at radius 2 is 2.36 bits per heavy atom. The van der Waals surface area contributed by atoms with E-state index in [0.717, 1.165) is 12.8 Å². The smallest absolute Gasteiger partial charge is 0.333 e. The largest absolute Gasteiger partial charge is 0.462 e. The molecule has 1 fully saturated rings. The van der Waals surface area contributed by atoms with Gasteiger partial charge in [0.1, 0.15) is 5.78 Å². The van der Waals surface area contributed by atoms with Crippen LogP contribution in [0.3, 0.4) is 0 Å². The zero-order chi connectivity index (χ0) is 10.6. The second kappa shape index (κ2) is 4.94. The van der Waals surface area contributed by atoms with E-state index in [0.29, 0.717) is 25.0 Å². The summed E-state index contributed by atoms with van der Waals surface area (Å²) in [5.74, 6) is 0.148. The SMILES string of the molecule is C=C(C)C(=O)OCC1CCCC(=O)C1. The molecule has 1 unspecified atom stereocenters. The minimum atomic E-state index is -0.358. The molecule has 14 heavy (non-hydrogen) atoms. The van der Waals surface area contributed by atoms with Gasteiger partial charge in [0.25, 0.3) is 0 Å². The summed E-state index contributed by atoms with van der Waals surface area (Å²) < 4.78 is 5.00. The highest BCUT2D eigenvalue weighted by Crippen LogP contribution is 2.21. The number of ketones is 1. The molecule has 0 aromatic carbocycles. The molecule has 78 valence electrons. The number of ether oxygens (including phenoxy) is 1.